The Morgan fingerprint density at radius 2 is 2.71 bits per heavy atom. The lowest BCUT2D eigenvalue weighted by Gasteiger charge is -1.74. The van der Waals surface area contributed by atoms with Gasteiger partial charge in [0.15, 0.2) is 0 Å². The smallest absolute Gasteiger partial charge is 0.222 e. The first-order valence-corrected chi connectivity index (χ1v) is 2.76. The summed E-state index contributed by atoms with van der Waals surface area (Å²) in [5.74, 6) is 1.83. The molecule has 3 nitrogen and oxygen atoms in total. The van der Waals surface area contributed by atoms with Crippen LogP contribution in [0.4, 0.5) is 0 Å². The topological polar surface area (TPSA) is 52.5 Å². The van der Waals surface area contributed by atoms with Crippen molar-refractivity contribution >= 4 is 8.35 Å². The molecule has 0 radical (unpaired) electrons. The highest BCUT2D eigenvalue weighted by molar-refractivity contribution is 7.24. The van der Waals surface area contributed by atoms with Crippen LogP contribution < -0.4 is 5.62 Å². The second-order valence-electron chi connectivity index (χ2n) is 1.02. The van der Waals surface area contributed by atoms with Crippen LogP contribution in [0.1, 0.15) is 0 Å². The van der Waals surface area contributed by atoms with Crippen molar-refractivity contribution in [1.29, 1.82) is 5.41 Å². The summed E-state index contributed by atoms with van der Waals surface area (Å²) in [6.45, 7) is 0. The van der Waals surface area contributed by atoms with Crippen molar-refractivity contribution < 1.29 is 0 Å². The Morgan fingerprint density at radius 3 is 3.00 bits per heavy atom. The fourth-order valence-corrected chi connectivity index (χ4v) is 0.656. The lowest BCUT2D eigenvalue weighted by Crippen LogP contribution is -2.04. The molecule has 1 aromatic rings. The number of rotatable bonds is 0. The zero-order chi connectivity index (χ0) is 5.11. The number of hydrogen-bond acceptors (Lipinski definition) is 2. The lowest BCUT2D eigenvalue weighted by atomic mass is 11.0. The minimum absolute atomic E-state index is 0.240. The minimum atomic E-state index is 0.240. The fraction of sp³-hybridized carbons (Fsp3) is 0. The van der Waals surface area contributed by atoms with Gasteiger partial charge in [-0.15, -0.1) is 0 Å². The van der Waals surface area contributed by atoms with Crippen molar-refractivity contribution in [3.05, 3.63) is 17.6 Å². The molecule has 0 aromatic carbocycles. The van der Waals surface area contributed by atoms with Gasteiger partial charge in [-0.2, -0.15) is 0 Å². The molecule has 2 N–H and O–H groups in total. The Kier molecular flexibility index (Phi) is 1.18. The first kappa shape index (κ1) is 4.47. The summed E-state index contributed by atoms with van der Waals surface area (Å²) in [6, 6.07) is 0. The third-order valence-electron chi connectivity index (χ3n) is 0.515. The molecule has 0 aliphatic rings. The van der Waals surface area contributed by atoms with Gasteiger partial charge < -0.3 is 4.75 Å². The monoisotopic (exact) mass is 113 g/mol. The average Bonchev–Trinajstić information content (AvgIpc) is 1.69. The third-order valence-corrected chi connectivity index (χ3v) is 1.14. The van der Waals surface area contributed by atoms with Crippen LogP contribution in [0.25, 0.3) is 0 Å². The van der Waals surface area contributed by atoms with E-state index >= 15 is 0 Å². The largest absolute Gasteiger partial charge is 0.307 e. The molecule has 0 aliphatic heterocycles. The summed E-state index contributed by atoms with van der Waals surface area (Å²) in [5, 5.41) is 6.85. The molecular weight excluding hydrogens is 109 g/mol. The predicted octanol–water partition coefficient (Wildman–Crippen LogP) is 0.469. The van der Waals surface area contributed by atoms with Crippen molar-refractivity contribution in [1.82, 2.24) is 9.73 Å². The Morgan fingerprint density at radius 1 is 1.86 bits per heavy atom. The second kappa shape index (κ2) is 1.85. The molecule has 0 atom stereocenters. The molecule has 0 unspecified atom stereocenters. The highest BCUT2D eigenvalue weighted by atomic mass is 31.0. The van der Waals surface area contributed by atoms with Gasteiger partial charge in [0.05, 0.1) is 0 Å². The van der Waals surface area contributed by atoms with E-state index in [-0.39, 0.29) is 5.62 Å². The zero-order valence-corrected chi connectivity index (χ0v) is 4.44. The molecule has 4 heteroatoms. The molecule has 7 heavy (non-hydrogen) atoms. The normalized spacial score (nSPS) is 9.71. The molecule has 0 saturated carbocycles. The van der Waals surface area contributed by atoms with Gasteiger partial charge in [-0.3, -0.25) is 5.41 Å². The van der Waals surface area contributed by atoms with E-state index in [1.165, 1.54) is 0 Å². The predicted molar refractivity (Wildman–Crippen MR) is 27.0 cm³/mol. The van der Waals surface area contributed by atoms with E-state index in [1.54, 1.807) is 6.20 Å². The Hall–Kier alpha value is -0.690. The number of hydrogen-bond donors (Lipinski definition) is 2. The summed E-state index contributed by atoms with van der Waals surface area (Å²) in [7, 11) is 0.944. The number of nitrogens with zero attached hydrogens (tertiary/aromatic N) is 1. The highest BCUT2D eigenvalue weighted by Crippen LogP contribution is 1.84. The third kappa shape index (κ3) is 1.09. The van der Waals surface area contributed by atoms with Crippen LogP contribution in [0.2, 0.25) is 0 Å². The summed E-state index contributed by atoms with van der Waals surface area (Å²) in [4.78, 5) is 3.61. The van der Waals surface area contributed by atoms with Gasteiger partial charge in [0.2, 0.25) is 5.62 Å². The van der Waals surface area contributed by atoms with Crippen molar-refractivity contribution in [3.63, 3.8) is 0 Å². The van der Waals surface area contributed by atoms with Crippen molar-refractivity contribution in [3.8, 4) is 0 Å². The molecule has 0 bridgehead atoms. The van der Waals surface area contributed by atoms with E-state index in [2.05, 4.69) is 9.73 Å². The number of aromatic amines is 1. The van der Waals surface area contributed by atoms with Gasteiger partial charge in [0.1, 0.15) is 0 Å². The van der Waals surface area contributed by atoms with E-state index in [1.807, 2.05) is 5.80 Å². The van der Waals surface area contributed by atoms with Crippen LogP contribution in [0.3, 0.4) is 0 Å². The summed E-state index contributed by atoms with van der Waals surface area (Å²) >= 11 is 0. The molecule has 1 aromatic heterocycles. The SMILES string of the molecule is N=c1nccp[nH]1. The van der Waals surface area contributed by atoms with Crippen molar-refractivity contribution in [2.45, 2.75) is 0 Å². The van der Waals surface area contributed by atoms with E-state index in [0.717, 1.165) is 8.35 Å². The van der Waals surface area contributed by atoms with Crippen LogP contribution >= 0.6 is 8.35 Å². The van der Waals surface area contributed by atoms with Gasteiger partial charge in [0, 0.05) is 20.3 Å². The molecular formula is C3H4N3P. The van der Waals surface area contributed by atoms with Gasteiger partial charge >= 0.3 is 0 Å². The molecule has 0 fully saturated rings. The molecule has 0 spiro atoms. The van der Waals surface area contributed by atoms with Gasteiger partial charge in [0.25, 0.3) is 0 Å². The molecule has 0 aliphatic carbocycles. The van der Waals surface area contributed by atoms with Crippen LogP contribution in [0.15, 0.2) is 12.0 Å². The van der Waals surface area contributed by atoms with Crippen molar-refractivity contribution in [2.75, 3.05) is 0 Å². The van der Waals surface area contributed by atoms with Crippen LogP contribution in [-0.4, -0.2) is 9.73 Å². The summed E-state index contributed by atoms with van der Waals surface area (Å²) in [6.07, 6.45) is 1.61. The average molecular weight is 113 g/mol. The highest BCUT2D eigenvalue weighted by Gasteiger charge is 1.67. The first-order valence-electron chi connectivity index (χ1n) is 1.80. The van der Waals surface area contributed by atoms with Gasteiger partial charge in [-0.1, -0.05) is 0 Å². The van der Waals surface area contributed by atoms with Crippen molar-refractivity contribution in [2.24, 2.45) is 0 Å². The Bertz CT molecular complexity index is 176. The van der Waals surface area contributed by atoms with Gasteiger partial charge in [-0.05, 0) is 0 Å². The Labute approximate surface area is 42.1 Å². The fourth-order valence-electron chi connectivity index (χ4n) is 0.268. The molecule has 1 heterocycles. The standard InChI is InChI=1S/C3H4N3P/c4-3-5-1-2-7-6-3/h1-2H,(H2,4,5,6). The van der Waals surface area contributed by atoms with E-state index in [9.17, 15) is 0 Å². The summed E-state index contributed by atoms with van der Waals surface area (Å²) < 4.78 is 2.68. The van der Waals surface area contributed by atoms with E-state index in [4.69, 9.17) is 5.41 Å². The van der Waals surface area contributed by atoms with Gasteiger partial charge in [-0.25, -0.2) is 4.98 Å². The molecule has 0 saturated heterocycles. The summed E-state index contributed by atoms with van der Waals surface area (Å²) in [5.41, 5.74) is 0.240. The second-order valence-corrected chi connectivity index (χ2v) is 1.80. The first-order chi connectivity index (χ1) is 3.39. The van der Waals surface area contributed by atoms with E-state index < -0.39 is 0 Å². The van der Waals surface area contributed by atoms with Crippen LogP contribution in [0.5, 0.6) is 0 Å². The maximum Gasteiger partial charge on any atom is 0.222 e. The lowest BCUT2D eigenvalue weighted by molar-refractivity contribution is 1.02. The van der Waals surface area contributed by atoms with E-state index in [0.29, 0.717) is 0 Å². The molecule has 0 amide bonds. The van der Waals surface area contributed by atoms with Crippen LogP contribution in [0, 0.1) is 5.41 Å². The number of nitrogens with one attached hydrogen (secondary N) is 2. The number of aromatic nitrogens is 2. The Balaban J connectivity index is 3.28. The quantitative estimate of drug-likeness (QED) is 0.504. The maximum atomic E-state index is 6.85. The maximum absolute atomic E-state index is 6.85. The number of H-pyrrole nitrogens is 1. The molecule has 36 valence electrons. The minimum Gasteiger partial charge on any atom is -0.307 e. The zero-order valence-electron chi connectivity index (χ0n) is 3.55. The van der Waals surface area contributed by atoms with Crippen LogP contribution in [-0.2, 0) is 0 Å². The molecule has 1 rings (SSSR count).